The molecule has 0 bridgehead atoms. The molecule has 3 heterocycles. The van der Waals surface area contributed by atoms with Crippen molar-refractivity contribution in [1.29, 1.82) is 0 Å². The Morgan fingerprint density at radius 2 is 1.97 bits per heavy atom. The number of benzene rings is 2. The van der Waals surface area contributed by atoms with Gasteiger partial charge in [0, 0.05) is 12.2 Å². The van der Waals surface area contributed by atoms with E-state index in [0.29, 0.717) is 40.1 Å². The first kappa shape index (κ1) is 20.0. The van der Waals surface area contributed by atoms with Crippen molar-refractivity contribution in [2.45, 2.75) is 43.3 Å². The van der Waals surface area contributed by atoms with Crippen LogP contribution in [0.1, 0.15) is 24.3 Å². The molecule has 31 heavy (non-hydrogen) atoms. The molecule has 1 unspecified atom stereocenters. The summed E-state index contributed by atoms with van der Waals surface area (Å²) in [5.41, 5.74) is 2.72. The molecule has 2 aromatic carbocycles. The molecular weight excluding hydrogens is 412 g/mol. The number of thioether (sulfide) groups is 1. The van der Waals surface area contributed by atoms with Gasteiger partial charge in [0.1, 0.15) is 0 Å². The van der Waals surface area contributed by atoms with E-state index in [4.69, 9.17) is 14.2 Å². The molecule has 2 aromatic heterocycles. The van der Waals surface area contributed by atoms with Crippen LogP contribution in [-0.2, 0) is 17.0 Å². The summed E-state index contributed by atoms with van der Waals surface area (Å²) in [6, 6.07) is 15.4. The van der Waals surface area contributed by atoms with Crippen molar-refractivity contribution in [1.82, 2.24) is 19.7 Å². The molecule has 7 nitrogen and oxygen atoms in total. The Morgan fingerprint density at radius 1 is 1.13 bits per heavy atom. The molecule has 1 fully saturated rings. The summed E-state index contributed by atoms with van der Waals surface area (Å²) in [5, 5.41) is 5.34. The second-order valence-electron chi connectivity index (χ2n) is 7.63. The molecule has 0 radical (unpaired) electrons. The van der Waals surface area contributed by atoms with Crippen molar-refractivity contribution in [3.8, 4) is 11.4 Å². The predicted molar refractivity (Wildman–Crippen MR) is 119 cm³/mol. The lowest BCUT2D eigenvalue weighted by Gasteiger charge is -2.16. The highest BCUT2D eigenvalue weighted by Gasteiger charge is 2.21. The molecule has 0 saturated carbocycles. The second kappa shape index (κ2) is 8.64. The highest BCUT2D eigenvalue weighted by Crippen LogP contribution is 2.25. The van der Waals surface area contributed by atoms with Gasteiger partial charge in [0.2, 0.25) is 11.7 Å². The maximum atomic E-state index is 13.2. The average molecular weight is 435 g/mol. The third-order valence-corrected chi connectivity index (χ3v) is 6.30. The van der Waals surface area contributed by atoms with Gasteiger partial charge in [0.25, 0.3) is 5.56 Å². The third-order valence-electron chi connectivity index (χ3n) is 5.34. The number of nitrogens with zero attached hydrogens (tertiary/aromatic N) is 4. The first-order chi connectivity index (χ1) is 15.2. The van der Waals surface area contributed by atoms with Crippen LogP contribution >= 0.6 is 11.8 Å². The van der Waals surface area contributed by atoms with Gasteiger partial charge in [-0.05, 0) is 31.9 Å². The van der Waals surface area contributed by atoms with Crippen molar-refractivity contribution in [3.63, 3.8) is 0 Å². The molecular formula is C23H22N4O3S. The summed E-state index contributed by atoms with van der Waals surface area (Å²) >= 11 is 1.42. The van der Waals surface area contributed by atoms with Gasteiger partial charge in [-0.25, -0.2) is 4.98 Å². The minimum Gasteiger partial charge on any atom is -0.376 e. The first-order valence-electron chi connectivity index (χ1n) is 10.3. The quantitative estimate of drug-likeness (QED) is 0.332. The molecule has 4 aromatic rings. The standard InChI is InChI=1S/C23H22N4O3S/c1-15-8-10-16(11-9-15)21-25-20(30-26-21)14-31-23-24-19-7-3-2-6-18(19)22(28)27(23)13-17-5-4-12-29-17/h2-3,6-11,17H,4-5,12-14H2,1H3. The van der Waals surface area contributed by atoms with Gasteiger partial charge in [0.15, 0.2) is 5.16 Å². The van der Waals surface area contributed by atoms with Crippen LogP contribution in [0.4, 0.5) is 0 Å². The van der Waals surface area contributed by atoms with E-state index < -0.39 is 0 Å². The lowest BCUT2D eigenvalue weighted by molar-refractivity contribution is 0.0937. The van der Waals surface area contributed by atoms with Crippen LogP contribution < -0.4 is 5.56 Å². The summed E-state index contributed by atoms with van der Waals surface area (Å²) in [7, 11) is 0. The molecule has 1 atom stereocenters. The number of aromatic nitrogens is 4. The van der Waals surface area contributed by atoms with Crippen molar-refractivity contribution in [2.24, 2.45) is 0 Å². The number of hydrogen-bond donors (Lipinski definition) is 0. The largest absolute Gasteiger partial charge is 0.376 e. The molecule has 1 saturated heterocycles. The van der Waals surface area contributed by atoms with Crippen LogP contribution in [-0.4, -0.2) is 32.4 Å². The maximum Gasteiger partial charge on any atom is 0.262 e. The normalized spacial score (nSPS) is 16.2. The summed E-state index contributed by atoms with van der Waals surface area (Å²) in [6.07, 6.45) is 2.01. The van der Waals surface area contributed by atoms with E-state index in [9.17, 15) is 4.79 Å². The topological polar surface area (TPSA) is 83.0 Å². The van der Waals surface area contributed by atoms with Crippen LogP contribution in [0.5, 0.6) is 0 Å². The summed E-state index contributed by atoms with van der Waals surface area (Å²) in [4.78, 5) is 22.4. The van der Waals surface area contributed by atoms with Crippen LogP contribution in [0.3, 0.4) is 0 Å². The summed E-state index contributed by atoms with van der Waals surface area (Å²) < 4.78 is 12.9. The Hall–Kier alpha value is -2.97. The maximum absolute atomic E-state index is 13.2. The van der Waals surface area contributed by atoms with Gasteiger partial charge in [0.05, 0.1) is 29.3 Å². The SMILES string of the molecule is Cc1ccc(-c2noc(CSc3nc4ccccc4c(=O)n3CC3CCCO3)n2)cc1. The van der Waals surface area contributed by atoms with Gasteiger partial charge in [-0.15, -0.1) is 0 Å². The van der Waals surface area contributed by atoms with Crippen molar-refractivity contribution >= 4 is 22.7 Å². The summed E-state index contributed by atoms with van der Waals surface area (Å²) in [6.45, 7) is 3.28. The Bertz CT molecular complexity index is 1260. The predicted octanol–water partition coefficient (Wildman–Crippen LogP) is 4.23. The zero-order chi connectivity index (χ0) is 21.2. The zero-order valence-corrected chi connectivity index (χ0v) is 18.0. The fourth-order valence-electron chi connectivity index (χ4n) is 3.67. The number of rotatable bonds is 6. The van der Waals surface area contributed by atoms with Crippen LogP contribution in [0.25, 0.3) is 22.3 Å². The number of hydrogen-bond acceptors (Lipinski definition) is 7. The Kier molecular flexibility index (Phi) is 5.57. The van der Waals surface area contributed by atoms with E-state index in [0.717, 1.165) is 25.0 Å². The smallest absolute Gasteiger partial charge is 0.262 e. The number of aryl methyl sites for hydroxylation is 1. The average Bonchev–Trinajstić information content (AvgIpc) is 3.47. The van der Waals surface area contributed by atoms with Crippen LogP contribution in [0.2, 0.25) is 0 Å². The molecule has 0 N–H and O–H groups in total. The first-order valence-corrected chi connectivity index (χ1v) is 11.3. The lowest BCUT2D eigenvalue weighted by atomic mass is 10.1. The van der Waals surface area contributed by atoms with Gasteiger partial charge < -0.3 is 9.26 Å². The van der Waals surface area contributed by atoms with Crippen molar-refractivity contribution in [3.05, 3.63) is 70.3 Å². The van der Waals surface area contributed by atoms with E-state index in [1.165, 1.54) is 17.3 Å². The monoisotopic (exact) mass is 434 g/mol. The fourth-order valence-corrected chi connectivity index (χ4v) is 4.52. The minimum atomic E-state index is -0.0468. The minimum absolute atomic E-state index is 0.0385. The number of ether oxygens (including phenoxy) is 1. The summed E-state index contributed by atoms with van der Waals surface area (Å²) in [5.74, 6) is 1.47. The lowest BCUT2D eigenvalue weighted by Crippen LogP contribution is -2.28. The molecule has 1 aliphatic heterocycles. The van der Waals surface area contributed by atoms with Crippen molar-refractivity contribution < 1.29 is 9.26 Å². The van der Waals surface area contributed by atoms with E-state index in [1.807, 2.05) is 55.5 Å². The second-order valence-corrected chi connectivity index (χ2v) is 8.57. The number of para-hydroxylation sites is 1. The molecule has 0 aliphatic carbocycles. The molecule has 5 rings (SSSR count). The molecule has 1 aliphatic rings. The Morgan fingerprint density at radius 3 is 2.77 bits per heavy atom. The van der Waals surface area contributed by atoms with E-state index in [-0.39, 0.29) is 11.7 Å². The number of fused-ring (bicyclic) bond motifs is 1. The van der Waals surface area contributed by atoms with E-state index >= 15 is 0 Å². The van der Waals surface area contributed by atoms with E-state index in [2.05, 4.69) is 10.1 Å². The zero-order valence-electron chi connectivity index (χ0n) is 17.2. The van der Waals surface area contributed by atoms with Gasteiger partial charge >= 0.3 is 0 Å². The molecule has 0 spiro atoms. The van der Waals surface area contributed by atoms with Gasteiger partial charge in [-0.3, -0.25) is 9.36 Å². The van der Waals surface area contributed by atoms with Crippen LogP contribution in [0.15, 0.2) is 63.0 Å². The van der Waals surface area contributed by atoms with Crippen LogP contribution in [0, 0.1) is 6.92 Å². The molecule has 8 heteroatoms. The fraction of sp³-hybridized carbons (Fsp3) is 0.304. The highest BCUT2D eigenvalue weighted by atomic mass is 32.2. The molecule has 158 valence electrons. The van der Waals surface area contributed by atoms with Gasteiger partial charge in [-0.1, -0.05) is 58.9 Å². The van der Waals surface area contributed by atoms with E-state index in [1.54, 1.807) is 4.57 Å². The molecule has 0 amide bonds. The Labute approximate surface area is 183 Å². The van der Waals surface area contributed by atoms with Gasteiger partial charge in [-0.2, -0.15) is 4.98 Å². The Balaban J connectivity index is 1.41. The third kappa shape index (κ3) is 4.26. The van der Waals surface area contributed by atoms with Crippen molar-refractivity contribution in [2.75, 3.05) is 6.61 Å². The highest BCUT2D eigenvalue weighted by molar-refractivity contribution is 7.98.